The molecule has 20 heavy (non-hydrogen) atoms. The van der Waals surface area contributed by atoms with E-state index in [1.807, 2.05) is 0 Å². The molecule has 0 bridgehead atoms. The van der Waals surface area contributed by atoms with Crippen LogP contribution in [-0.2, 0) is 16.6 Å². The first-order valence-corrected chi connectivity index (χ1v) is 6.92. The van der Waals surface area contributed by atoms with Crippen LogP contribution in [0.4, 0.5) is 0 Å². The van der Waals surface area contributed by atoms with Crippen LogP contribution >= 0.6 is 0 Å². The summed E-state index contributed by atoms with van der Waals surface area (Å²) in [5, 5.41) is 24.4. The number of phenols is 1. The van der Waals surface area contributed by atoms with E-state index in [2.05, 4.69) is 14.9 Å². The lowest BCUT2D eigenvalue weighted by atomic mass is 10.2. The highest BCUT2D eigenvalue weighted by Crippen LogP contribution is 2.21. The number of aromatic carboxylic acids is 1. The molecule has 0 aliphatic rings. The summed E-state index contributed by atoms with van der Waals surface area (Å²) in [5.74, 6) is -1.90. The SMILES string of the molecule is O=C(O)c1cc(S(=O)(=O)NCc2cn[nH]c2)ccc1O. The van der Waals surface area contributed by atoms with Crippen LogP contribution in [0.2, 0.25) is 0 Å². The number of nitrogens with zero attached hydrogens (tertiary/aromatic N) is 1. The predicted molar refractivity (Wildman–Crippen MR) is 67.7 cm³/mol. The molecule has 4 N–H and O–H groups in total. The van der Waals surface area contributed by atoms with Gasteiger partial charge in [-0.3, -0.25) is 5.10 Å². The van der Waals surface area contributed by atoms with Crippen LogP contribution in [0.25, 0.3) is 0 Å². The number of hydrogen-bond donors (Lipinski definition) is 4. The van der Waals surface area contributed by atoms with Gasteiger partial charge in [-0.25, -0.2) is 17.9 Å². The van der Waals surface area contributed by atoms with Crippen molar-refractivity contribution in [2.24, 2.45) is 0 Å². The van der Waals surface area contributed by atoms with Gasteiger partial charge < -0.3 is 10.2 Å². The summed E-state index contributed by atoms with van der Waals surface area (Å²) in [6, 6.07) is 3.05. The summed E-state index contributed by atoms with van der Waals surface area (Å²) in [6.07, 6.45) is 2.99. The molecule has 1 aromatic carbocycles. The number of H-pyrrole nitrogens is 1. The third kappa shape index (κ3) is 2.95. The van der Waals surface area contributed by atoms with Crippen molar-refractivity contribution in [3.63, 3.8) is 0 Å². The fourth-order valence-electron chi connectivity index (χ4n) is 1.49. The summed E-state index contributed by atoms with van der Waals surface area (Å²) in [5.41, 5.74) is 0.155. The van der Waals surface area contributed by atoms with E-state index in [1.165, 1.54) is 12.4 Å². The molecule has 0 saturated carbocycles. The summed E-state index contributed by atoms with van der Waals surface area (Å²) in [6.45, 7) is 0.0160. The molecule has 1 aromatic heterocycles. The van der Waals surface area contributed by atoms with Crippen LogP contribution in [-0.4, -0.2) is 34.8 Å². The van der Waals surface area contributed by atoms with Crippen molar-refractivity contribution in [3.8, 4) is 5.75 Å². The zero-order valence-electron chi connectivity index (χ0n) is 10.1. The third-order valence-electron chi connectivity index (χ3n) is 2.53. The van der Waals surface area contributed by atoms with Gasteiger partial charge in [0.2, 0.25) is 10.0 Å². The number of rotatable bonds is 5. The van der Waals surface area contributed by atoms with E-state index in [-0.39, 0.29) is 11.4 Å². The Morgan fingerprint density at radius 1 is 1.40 bits per heavy atom. The van der Waals surface area contributed by atoms with E-state index in [0.29, 0.717) is 5.56 Å². The quantitative estimate of drug-likeness (QED) is 0.627. The Morgan fingerprint density at radius 2 is 2.15 bits per heavy atom. The molecule has 0 spiro atoms. The number of nitrogens with one attached hydrogen (secondary N) is 2. The topological polar surface area (TPSA) is 132 Å². The first kappa shape index (κ1) is 14.0. The Labute approximate surface area is 114 Å². The molecular weight excluding hydrogens is 286 g/mol. The van der Waals surface area contributed by atoms with E-state index in [0.717, 1.165) is 18.2 Å². The highest BCUT2D eigenvalue weighted by molar-refractivity contribution is 7.89. The summed E-state index contributed by atoms with van der Waals surface area (Å²) >= 11 is 0. The van der Waals surface area contributed by atoms with Crippen molar-refractivity contribution in [2.45, 2.75) is 11.4 Å². The molecule has 2 rings (SSSR count). The van der Waals surface area contributed by atoms with Gasteiger partial charge in [-0.2, -0.15) is 5.10 Å². The Kier molecular flexibility index (Phi) is 3.72. The molecule has 2 aromatic rings. The molecule has 0 saturated heterocycles. The second-order valence-corrected chi connectivity index (χ2v) is 5.68. The van der Waals surface area contributed by atoms with Crippen LogP contribution in [0.3, 0.4) is 0 Å². The predicted octanol–water partition coefficient (Wildman–Crippen LogP) is 0.292. The van der Waals surface area contributed by atoms with E-state index in [4.69, 9.17) is 5.11 Å². The summed E-state index contributed by atoms with van der Waals surface area (Å²) < 4.78 is 26.3. The van der Waals surface area contributed by atoms with Gasteiger partial charge in [0.05, 0.1) is 11.1 Å². The third-order valence-corrected chi connectivity index (χ3v) is 3.93. The minimum Gasteiger partial charge on any atom is -0.507 e. The maximum Gasteiger partial charge on any atom is 0.339 e. The van der Waals surface area contributed by atoms with E-state index in [1.54, 1.807) is 0 Å². The minimum absolute atomic E-state index is 0.0160. The average Bonchev–Trinajstić information content (AvgIpc) is 2.89. The second kappa shape index (κ2) is 5.31. The maximum absolute atomic E-state index is 12.0. The van der Waals surface area contributed by atoms with Gasteiger partial charge in [-0.05, 0) is 18.2 Å². The first-order chi connectivity index (χ1) is 9.40. The normalized spacial score (nSPS) is 11.4. The van der Waals surface area contributed by atoms with Crippen LogP contribution in [0.1, 0.15) is 15.9 Å². The second-order valence-electron chi connectivity index (χ2n) is 3.92. The van der Waals surface area contributed by atoms with Gasteiger partial charge in [0.25, 0.3) is 0 Å². The summed E-state index contributed by atoms with van der Waals surface area (Å²) in [7, 11) is -3.88. The lowest BCUT2D eigenvalue weighted by molar-refractivity contribution is 0.0693. The number of aromatic amines is 1. The fraction of sp³-hybridized carbons (Fsp3) is 0.0909. The van der Waals surface area contributed by atoms with Crippen molar-refractivity contribution in [1.29, 1.82) is 0 Å². The van der Waals surface area contributed by atoms with Crippen LogP contribution in [0.15, 0.2) is 35.5 Å². The Hall–Kier alpha value is -2.39. The van der Waals surface area contributed by atoms with Crippen molar-refractivity contribution in [3.05, 3.63) is 41.7 Å². The fourth-order valence-corrected chi connectivity index (χ4v) is 2.53. The number of sulfonamides is 1. The number of carboxylic acid groups (broad SMARTS) is 1. The number of carbonyl (C=O) groups is 1. The Balaban J connectivity index is 2.25. The van der Waals surface area contributed by atoms with Crippen LogP contribution in [0.5, 0.6) is 5.75 Å². The molecule has 1 heterocycles. The lowest BCUT2D eigenvalue weighted by Gasteiger charge is -2.07. The van der Waals surface area contributed by atoms with Crippen molar-refractivity contribution < 1.29 is 23.4 Å². The molecule has 0 atom stereocenters. The Bertz CT molecular complexity index is 725. The van der Waals surface area contributed by atoms with Crippen LogP contribution < -0.4 is 4.72 Å². The van der Waals surface area contributed by atoms with Gasteiger partial charge in [-0.1, -0.05) is 0 Å². The molecule has 0 aliphatic carbocycles. The number of benzene rings is 1. The number of carboxylic acids is 1. The lowest BCUT2D eigenvalue weighted by Crippen LogP contribution is -2.23. The smallest absolute Gasteiger partial charge is 0.339 e. The van der Waals surface area contributed by atoms with Gasteiger partial charge in [0.1, 0.15) is 11.3 Å². The van der Waals surface area contributed by atoms with E-state index >= 15 is 0 Å². The monoisotopic (exact) mass is 297 g/mol. The molecule has 9 heteroatoms. The summed E-state index contributed by atoms with van der Waals surface area (Å²) in [4.78, 5) is 10.6. The van der Waals surface area contributed by atoms with Crippen molar-refractivity contribution in [1.82, 2.24) is 14.9 Å². The molecule has 0 amide bonds. The van der Waals surface area contributed by atoms with Crippen LogP contribution in [0, 0.1) is 0 Å². The number of aromatic hydroxyl groups is 1. The Morgan fingerprint density at radius 3 is 2.75 bits per heavy atom. The minimum atomic E-state index is -3.88. The molecule has 8 nitrogen and oxygen atoms in total. The molecule has 0 aliphatic heterocycles. The van der Waals surface area contributed by atoms with Crippen molar-refractivity contribution in [2.75, 3.05) is 0 Å². The standard InChI is InChI=1S/C11H11N3O5S/c15-10-2-1-8(3-9(10)11(16)17)20(18,19)14-6-7-4-12-13-5-7/h1-5,14-15H,6H2,(H,12,13)(H,16,17). The molecule has 106 valence electrons. The zero-order chi connectivity index (χ0) is 14.8. The van der Waals surface area contributed by atoms with Gasteiger partial charge in [0.15, 0.2) is 0 Å². The van der Waals surface area contributed by atoms with Gasteiger partial charge in [-0.15, -0.1) is 0 Å². The van der Waals surface area contributed by atoms with Gasteiger partial charge >= 0.3 is 5.97 Å². The number of aromatic nitrogens is 2. The highest BCUT2D eigenvalue weighted by Gasteiger charge is 2.18. The largest absolute Gasteiger partial charge is 0.507 e. The number of hydrogen-bond acceptors (Lipinski definition) is 5. The van der Waals surface area contributed by atoms with E-state index < -0.39 is 27.3 Å². The maximum atomic E-state index is 12.0. The molecule has 0 radical (unpaired) electrons. The molecular formula is C11H11N3O5S. The van der Waals surface area contributed by atoms with E-state index in [9.17, 15) is 18.3 Å². The van der Waals surface area contributed by atoms with Crippen molar-refractivity contribution >= 4 is 16.0 Å². The van der Waals surface area contributed by atoms with Gasteiger partial charge in [0, 0.05) is 18.3 Å². The molecule has 0 unspecified atom stereocenters. The average molecular weight is 297 g/mol. The molecule has 0 fully saturated rings. The first-order valence-electron chi connectivity index (χ1n) is 5.44. The highest BCUT2D eigenvalue weighted by atomic mass is 32.2. The zero-order valence-corrected chi connectivity index (χ0v) is 10.9.